The first-order valence-electron chi connectivity index (χ1n) is 9.96. The van der Waals surface area contributed by atoms with Crippen molar-refractivity contribution < 1.29 is 17.9 Å². The van der Waals surface area contributed by atoms with Gasteiger partial charge in [0.1, 0.15) is 5.60 Å². The van der Waals surface area contributed by atoms with Crippen molar-refractivity contribution >= 4 is 16.0 Å². The fraction of sp³-hybridized carbons (Fsp3) is 0.435. The normalized spacial score (nSPS) is 21.0. The molecule has 0 saturated carbocycles. The molecule has 156 valence electrons. The number of nitrogens with zero attached hydrogens (tertiary/aromatic N) is 1. The van der Waals surface area contributed by atoms with Crippen LogP contribution in [0.15, 0.2) is 59.5 Å². The van der Waals surface area contributed by atoms with E-state index in [1.54, 1.807) is 24.3 Å². The van der Waals surface area contributed by atoms with Gasteiger partial charge in [-0.25, -0.2) is 8.42 Å². The summed E-state index contributed by atoms with van der Waals surface area (Å²) in [5.41, 5.74) is 1.17. The lowest BCUT2D eigenvalue weighted by atomic mass is 9.86. The van der Waals surface area contributed by atoms with E-state index < -0.39 is 27.6 Å². The highest BCUT2D eigenvalue weighted by Gasteiger charge is 2.44. The Morgan fingerprint density at radius 1 is 1.03 bits per heavy atom. The van der Waals surface area contributed by atoms with Crippen LogP contribution in [0.25, 0.3) is 0 Å². The van der Waals surface area contributed by atoms with Gasteiger partial charge in [-0.2, -0.15) is 4.31 Å². The van der Waals surface area contributed by atoms with E-state index in [0.717, 1.165) is 11.1 Å². The van der Waals surface area contributed by atoms with Crippen LogP contribution in [0.3, 0.4) is 0 Å². The van der Waals surface area contributed by atoms with Crippen LogP contribution in [0.2, 0.25) is 0 Å². The summed E-state index contributed by atoms with van der Waals surface area (Å²) in [5, 5.41) is 0. The molecule has 1 fully saturated rings. The summed E-state index contributed by atoms with van der Waals surface area (Å²) in [4.78, 5) is 13.3. The van der Waals surface area contributed by atoms with Crippen molar-refractivity contribution in [3.05, 3.63) is 65.7 Å². The van der Waals surface area contributed by atoms with Crippen molar-refractivity contribution in [3.8, 4) is 0 Å². The molecule has 5 nitrogen and oxygen atoms in total. The van der Waals surface area contributed by atoms with Crippen LogP contribution < -0.4 is 0 Å². The fourth-order valence-corrected chi connectivity index (χ4v) is 5.44. The van der Waals surface area contributed by atoms with Crippen LogP contribution in [-0.2, 0) is 19.6 Å². The summed E-state index contributed by atoms with van der Waals surface area (Å²) in [6.07, 6.45) is 1.20. The molecule has 0 N–H and O–H groups in total. The maximum absolute atomic E-state index is 13.5. The van der Waals surface area contributed by atoms with Gasteiger partial charge in [-0.05, 0) is 58.2 Å². The van der Waals surface area contributed by atoms with E-state index in [2.05, 4.69) is 0 Å². The molecule has 29 heavy (non-hydrogen) atoms. The van der Waals surface area contributed by atoms with E-state index in [1.165, 1.54) is 4.31 Å². The molecular formula is C23H29NO4S. The topological polar surface area (TPSA) is 63.7 Å². The Morgan fingerprint density at radius 3 is 2.24 bits per heavy atom. The van der Waals surface area contributed by atoms with Crippen LogP contribution in [0.1, 0.15) is 50.8 Å². The highest BCUT2D eigenvalue weighted by Crippen LogP contribution is 2.40. The molecule has 0 aliphatic carbocycles. The molecule has 0 radical (unpaired) electrons. The lowest BCUT2D eigenvalue weighted by Crippen LogP contribution is -2.46. The Bertz CT molecular complexity index is 947. The van der Waals surface area contributed by atoms with Crippen LogP contribution in [0.4, 0.5) is 0 Å². The number of carbonyl (C=O) groups excluding carboxylic acids is 1. The molecule has 2 atom stereocenters. The fourth-order valence-electron chi connectivity index (χ4n) is 3.75. The van der Waals surface area contributed by atoms with Gasteiger partial charge in [-0.15, -0.1) is 0 Å². The van der Waals surface area contributed by atoms with Crippen molar-refractivity contribution in [1.29, 1.82) is 0 Å². The standard InChI is InChI=1S/C23H29NO4S/c1-17-12-14-19(15-13-17)29(26,27)24-16-8-11-20(22(25)28-23(2,3)4)21(24)18-9-6-5-7-10-18/h5-7,9-10,12-15,20-21H,8,11,16H2,1-4H3/t20?,21-/m0/s1. The van der Waals surface area contributed by atoms with E-state index in [4.69, 9.17) is 4.74 Å². The lowest BCUT2D eigenvalue weighted by Gasteiger charge is -2.40. The third-order valence-corrected chi connectivity index (χ3v) is 6.96. The molecular weight excluding hydrogens is 386 g/mol. The second kappa shape index (κ2) is 8.28. The van der Waals surface area contributed by atoms with Gasteiger partial charge >= 0.3 is 5.97 Å². The molecule has 6 heteroatoms. The molecule has 3 rings (SSSR count). The van der Waals surface area contributed by atoms with Gasteiger partial charge in [-0.1, -0.05) is 48.0 Å². The van der Waals surface area contributed by atoms with Crippen molar-refractivity contribution in [2.45, 2.75) is 57.1 Å². The van der Waals surface area contributed by atoms with Gasteiger partial charge in [0.05, 0.1) is 16.9 Å². The SMILES string of the molecule is Cc1ccc(S(=O)(=O)N2CCCC(C(=O)OC(C)(C)C)[C@@H]2c2ccccc2)cc1. The van der Waals surface area contributed by atoms with Gasteiger partial charge in [0.2, 0.25) is 10.0 Å². The molecule has 0 bridgehead atoms. The molecule has 1 saturated heterocycles. The average molecular weight is 416 g/mol. The van der Waals surface area contributed by atoms with Gasteiger partial charge in [0, 0.05) is 6.54 Å². The van der Waals surface area contributed by atoms with E-state index >= 15 is 0 Å². The van der Waals surface area contributed by atoms with Crippen LogP contribution in [0.5, 0.6) is 0 Å². The minimum absolute atomic E-state index is 0.244. The molecule has 1 aliphatic heterocycles. The Hall–Kier alpha value is -2.18. The van der Waals surface area contributed by atoms with Crippen molar-refractivity contribution in [2.24, 2.45) is 5.92 Å². The maximum Gasteiger partial charge on any atom is 0.311 e. The minimum atomic E-state index is -3.76. The highest BCUT2D eigenvalue weighted by atomic mass is 32.2. The van der Waals surface area contributed by atoms with Crippen LogP contribution >= 0.6 is 0 Å². The predicted molar refractivity (Wildman–Crippen MR) is 113 cm³/mol. The van der Waals surface area contributed by atoms with Gasteiger partial charge < -0.3 is 4.74 Å². The zero-order valence-corrected chi connectivity index (χ0v) is 18.3. The Kier molecular flexibility index (Phi) is 6.15. The lowest BCUT2D eigenvalue weighted by molar-refractivity contribution is -0.163. The number of esters is 1. The number of piperidine rings is 1. The van der Waals surface area contributed by atoms with E-state index in [0.29, 0.717) is 19.4 Å². The quantitative estimate of drug-likeness (QED) is 0.691. The summed E-state index contributed by atoms with van der Waals surface area (Å²) < 4.78 is 34.1. The third kappa shape index (κ3) is 4.87. The molecule has 0 amide bonds. The average Bonchev–Trinajstić information content (AvgIpc) is 2.67. The highest BCUT2D eigenvalue weighted by molar-refractivity contribution is 7.89. The number of rotatable bonds is 4. The third-order valence-electron chi connectivity index (χ3n) is 5.06. The zero-order chi connectivity index (χ0) is 21.2. The second-order valence-corrected chi connectivity index (χ2v) is 10.5. The second-order valence-electron chi connectivity index (χ2n) is 8.57. The van der Waals surface area contributed by atoms with Gasteiger partial charge in [0.25, 0.3) is 0 Å². The molecule has 2 aromatic rings. The van der Waals surface area contributed by atoms with Gasteiger partial charge in [-0.3, -0.25) is 4.79 Å². The number of ether oxygens (including phenoxy) is 1. The first-order valence-corrected chi connectivity index (χ1v) is 11.4. The number of benzene rings is 2. The first-order chi connectivity index (χ1) is 13.6. The molecule has 0 spiro atoms. The molecule has 0 aromatic heterocycles. The maximum atomic E-state index is 13.5. The van der Waals surface area contributed by atoms with Gasteiger partial charge in [0.15, 0.2) is 0 Å². The number of hydrogen-bond acceptors (Lipinski definition) is 4. The summed E-state index contributed by atoms with van der Waals surface area (Å²) in [5.74, 6) is -0.902. The van der Waals surface area contributed by atoms with E-state index in [9.17, 15) is 13.2 Å². The van der Waals surface area contributed by atoms with Crippen LogP contribution in [-0.4, -0.2) is 30.8 Å². The molecule has 2 aromatic carbocycles. The molecule has 1 unspecified atom stereocenters. The number of aryl methyl sites for hydroxylation is 1. The van der Waals surface area contributed by atoms with Crippen LogP contribution in [0, 0.1) is 12.8 Å². The molecule has 1 aliphatic rings. The summed E-state index contributed by atoms with van der Waals surface area (Å²) >= 11 is 0. The summed E-state index contributed by atoms with van der Waals surface area (Å²) in [6.45, 7) is 7.77. The smallest absolute Gasteiger partial charge is 0.311 e. The summed E-state index contributed by atoms with van der Waals surface area (Å²) in [6, 6.07) is 15.6. The van der Waals surface area contributed by atoms with Crippen molar-refractivity contribution in [3.63, 3.8) is 0 Å². The molecule has 1 heterocycles. The number of hydrogen-bond donors (Lipinski definition) is 0. The van der Waals surface area contributed by atoms with E-state index in [1.807, 2.05) is 58.0 Å². The Labute approximate surface area is 173 Å². The minimum Gasteiger partial charge on any atom is -0.460 e. The summed E-state index contributed by atoms with van der Waals surface area (Å²) in [7, 11) is -3.76. The zero-order valence-electron chi connectivity index (χ0n) is 17.5. The monoisotopic (exact) mass is 415 g/mol. The Morgan fingerprint density at radius 2 is 1.66 bits per heavy atom. The van der Waals surface area contributed by atoms with Crippen molar-refractivity contribution in [1.82, 2.24) is 4.31 Å². The predicted octanol–water partition coefficient (Wildman–Crippen LogP) is 4.48. The van der Waals surface area contributed by atoms with E-state index in [-0.39, 0.29) is 10.9 Å². The largest absolute Gasteiger partial charge is 0.460 e. The number of carbonyl (C=O) groups is 1. The van der Waals surface area contributed by atoms with Crippen molar-refractivity contribution in [2.75, 3.05) is 6.54 Å². The number of sulfonamides is 1. The first kappa shape index (κ1) is 21.5. The Balaban J connectivity index is 2.05.